The monoisotopic (exact) mass is 358 g/mol. The smallest absolute Gasteiger partial charge is 0.263 e. The van der Waals surface area contributed by atoms with Crippen LogP contribution >= 0.6 is 0 Å². The van der Waals surface area contributed by atoms with Gasteiger partial charge in [0.1, 0.15) is 5.56 Å². The second-order valence-corrected chi connectivity index (χ2v) is 6.80. The molecule has 7 heteroatoms. The zero-order valence-corrected chi connectivity index (χ0v) is 15.4. The standard InChI is InChI=1S/C19H26N4O3/c1-14-11-15(2)23(12-16-5-3-10-26-16)19(25)17(14)18(24)21-6-4-8-22-9-7-20-13-22/h7,9,11,13,16H,3-6,8,10,12H2,1-2H3,(H,21,24)/t16-/m0/s1. The fourth-order valence-corrected chi connectivity index (χ4v) is 3.39. The van der Waals surface area contributed by atoms with Gasteiger partial charge in [-0.15, -0.1) is 0 Å². The highest BCUT2D eigenvalue weighted by molar-refractivity contribution is 5.95. The van der Waals surface area contributed by atoms with Crippen LogP contribution in [0.1, 0.15) is 40.9 Å². The maximum Gasteiger partial charge on any atom is 0.263 e. The number of amides is 1. The van der Waals surface area contributed by atoms with Gasteiger partial charge in [-0.25, -0.2) is 4.98 Å². The number of imidazole rings is 1. The van der Waals surface area contributed by atoms with Gasteiger partial charge in [0.15, 0.2) is 0 Å². The average Bonchev–Trinajstić information content (AvgIpc) is 3.29. The fraction of sp³-hybridized carbons (Fsp3) is 0.526. The number of aryl methyl sites for hydroxylation is 3. The summed E-state index contributed by atoms with van der Waals surface area (Å²) in [7, 11) is 0. The lowest BCUT2D eigenvalue weighted by Crippen LogP contribution is -2.37. The van der Waals surface area contributed by atoms with Crippen LogP contribution in [-0.2, 0) is 17.8 Å². The van der Waals surface area contributed by atoms with Crippen molar-refractivity contribution in [3.8, 4) is 0 Å². The van der Waals surface area contributed by atoms with Crippen LogP contribution in [0.25, 0.3) is 0 Å². The van der Waals surface area contributed by atoms with Crippen LogP contribution in [0, 0.1) is 13.8 Å². The Morgan fingerprint density at radius 3 is 2.96 bits per heavy atom. The largest absolute Gasteiger partial charge is 0.376 e. The Hall–Kier alpha value is -2.41. The van der Waals surface area contributed by atoms with E-state index in [-0.39, 0.29) is 23.1 Å². The van der Waals surface area contributed by atoms with Gasteiger partial charge in [0, 0.05) is 37.8 Å². The molecule has 1 aliphatic heterocycles. The summed E-state index contributed by atoms with van der Waals surface area (Å²) in [5, 5.41) is 2.87. The third kappa shape index (κ3) is 4.22. The molecule has 1 amide bonds. The lowest BCUT2D eigenvalue weighted by atomic mass is 10.1. The summed E-state index contributed by atoms with van der Waals surface area (Å²) in [4.78, 5) is 29.5. The van der Waals surface area contributed by atoms with Crippen molar-refractivity contribution < 1.29 is 9.53 Å². The highest BCUT2D eigenvalue weighted by atomic mass is 16.5. The van der Waals surface area contributed by atoms with E-state index in [1.165, 1.54) is 0 Å². The molecular weight excluding hydrogens is 332 g/mol. The molecule has 2 aromatic rings. The van der Waals surface area contributed by atoms with E-state index in [1.54, 1.807) is 17.1 Å². The van der Waals surface area contributed by atoms with Gasteiger partial charge in [0.05, 0.1) is 19.0 Å². The Labute approximate surface area is 153 Å². The Morgan fingerprint density at radius 2 is 2.27 bits per heavy atom. The minimum absolute atomic E-state index is 0.0557. The molecule has 0 aromatic carbocycles. The van der Waals surface area contributed by atoms with Crippen LogP contribution in [0.3, 0.4) is 0 Å². The van der Waals surface area contributed by atoms with Crippen molar-refractivity contribution >= 4 is 5.91 Å². The molecule has 0 aliphatic carbocycles. The third-order valence-corrected chi connectivity index (χ3v) is 4.78. The van der Waals surface area contributed by atoms with Crippen molar-refractivity contribution in [2.45, 2.75) is 52.3 Å². The number of nitrogens with zero attached hydrogens (tertiary/aromatic N) is 3. The molecule has 1 saturated heterocycles. The molecule has 26 heavy (non-hydrogen) atoms. The van der Waals surface area contributed by atoms with E-state index in [0.29, 0.717) is 18.7 Å². The molecule has 1 N–H and O–H groups in total. The molecule has 2 aromatic heterocycles. The number of pyridine rings is 1. The van der Waals surface area contributed by atoms with Gasteiger partial charge in [-0.1, -0.05) is 0 Å². The fourth-order valence-electron chi connectivity index (χ4n) is 3.39. The first-order chi connectivity index (χ1) is 12.6. The van der Waals surface area contributed by atoms with Crippen molar-refractivity contribution in [3.05, 3.63) is 52.0 Å². The van der Waals surface area contributed by atoms with Crippen LogP contribution in [0.5, 0.6) is 0 Å². The van der Waals surface area contributed by atoms with E-state index in [4.69, 9.17) is 4.74 Å². The number of carbonyl (C=O) groups excluding carboxylic acids is 1. The molecule has 0 spiro atoms. The minimum Gasteiger partial charge on any atom is -0.376 e. The summed E-state index contributed by atoms with van der Waals surface area (Å²) in [6, 6.07) is 1.90. The van der Waals surface area contributed by atoms with Gasteiger partial charge in [0.25, 0.3) is 11.5 Å². The zero-order valence-electron chi connectivity index (χ0n) is 15.4. The van der Waals surface area contributed by atoms with Crippen LogP contribution < -0.4 is 10.9 Å². The topological polar surface area (TPSA) is 78.1 Å². The van der Waals surface area contributed by atoms with E-state index in [1.807, 2.05) is 30.7 Å². The number of hydrogen-bond acceptors (Lipinski definition) is 4. The predicted octanol–water partition coefficient (Wildman–Crippen LogP) is 1.66. The van der Waals surface area contributed by atoms with Crippen molar-refractivity contribution in [2.75, 3.05) is 13.2 Å². The van der Waals surface area contributed by atoms with E-state index < -0.39 is 0 Å². The number of ether oxygens (including phenoxy) is 1. The number of rotatable bonds is 7. The Morgan fingerprint density at radius 1 is 1.42 bits per heavy atom. The van der Waals surface area contributed by atoms with Crippen LogP contribution in [-0.4, -0.2) is 39.3 Å². The van der Waals surface area contributed by atoms with Gasteiger partial charge in [-0.05, 0) is 44.7 Å². The first kappa shape index (κ1) is 18.4. The van der Waals surface area contributed by atoms with E-state index in [2.05, 4.69) is 10.3 Å². The maximum absolute atomic E-state index is 12.9. The molecule has 1 aliphatic rings. The molecule has 3 rings (SSSR count). The van der Waals surface area contributed by atoms with Crippen molar-refractivity contribution in [3.63, 3.8) is 0 Å². The van der Waals surface area contributed by atoms with Crippen LogP contribution in [0.15, 0.2) is 29.6 Å². The van der Waals surface area contributed by atoms with Gasteiger partial charge in [-0.2, -0.15) is 0 Å². The lowest BCUT2D eigenvalue weighted by molar-refractivity contribution is 0.0927. The molecule has 1 fully saturated rings. The van der Waals surface area contributed by atoms with Crippen LogP contribution in [0.2, 0.25) is 0 Å². The maximum atomic E-state index is 12.9. The SMILES string of the molecule is Cc1cc(C)n(C[C@@H]2CCCO2)c(=O)c1C(=O)NCCCn1ccnc1. The predicted molar refractivity (Wildman–Crippen MR) is 98.3 cm³/mol. The first-order valence-corrected chi connectivity index (χ1v) is 9.13. The van der Waals surface area contributed by atoms with Gasteiger partial charge in [-0.3, -0.25) is 9.59 Å². The molecular formula is C19H26N4O3. The number of nitrogens with one attached hydrogen (secondary N) is 1. The molecule has 140 valence electrons. The average molecular weight is 358 g/mol. The van der Waals surface area contributed by atoms with Gasteiger partial charge < -0.3 is 19.2 Å². The Balaban J connectivity index is 1.67. The van der Waals surface area contributed by atoms with Crippen molar-refractivity contribution in [1.82, 2.24) is 19.4 Å². The summed E-state index contributed by atoms with van der Waals surface area (Å²) < 4.78 is 9.27. The summed E-state index contributed by atoms with van der Waals surface area (Å²) >= 11 is 0. The molecule has 0 unspecified atom stereocenters. The Bertz CT molecular complexity index is 805. The highest BCUT2D eigenvalue weighted by Crippen LogP contribution is 2.15. The summed E-state index contributed by atoms with van der Waals surface area (Å²) in [5.74, 6) is -0.306. The minimum atomic E-state index is -0.306. The first-order valence-electron chi connectivity index (χ1n) is 9.13. The van der Waals surface area contributed by atoms with Crippen LogP contribution in [0.4, 0.5) is 0 Å². The summed E-state index contributed by atoms with van der Waals surface area (Å²) in [5.41, 5.74) is 1.57. The zero-order chi connectivity index (χ0) is 18.5. The molecule has 1 atom stereocenters. The summed E-state index contributed by atoms with van der Waals surface area (Å²) in [6.45, 7) is 6.24. The molecule has 0 radical (unpaired) electrons. The highest BCUT2D eigenvalue weighted by Gasteiger charge is 2.21. The van der Waals surface area contributed by atoms with Crippen molar-refractivity contribution in [2.24, 2.45) is 0 Å². The summed E-state index contributed by atoms with van der Waals surface area (Å²) in [6.07, 6.45) is 8.16. The number of carbonyl (C=O) groups is 1. The van der Waals surface area contributed by atoms with Gasteiger partial charge >= 0.3 is 0 Å². The third-order valence-electron chi connectivity index (χ3n) is 4.78. The Kier molecular flexibility index (Phi) is 5.88. The lowest BCUT2D eigenvalue weighted by Gasteiger charge is -2.17. The molecule has 0 saturated carbocycles. The number of hydrogen-bond donors (Lipinski definition) is 1. The molecule has 3 heterocycles. The van der Waals surface area contributed by atoms with E-state index in [0.717, 1.165) is 38.1 Å². The van der Waals surface area contributed by atoms with Gasteiger partial charge in [0.2, 0.25) is 0 Å². The quantitative estimate of drug-likeness (QED) is 0.764. The normalized spacial score (nSPS) is 16.8. The molecule has 7 nitrogen and oxygen atoms in total. The van der Waals surface area contributed by atoms with E-state index >= 15 is 0 Å². The second-order valence-electron chi connectivity index (χ2n) is 6.80. The molecule has 0 bridgehead atoms. The van der Waals surface area contributed by atoms with E-state index in [9.17, 15) is 9.59 Å². The number of aromatic nitrogens is 3. The second kappa shape index (κ2) is 8.31. The van der Waals surface area contributed by atoms with Crippen molar-refractivity contribution in [1.29, 1.82) is 0 Å².